The second-order valence-electron chi connectivity index (χ2n) is 4.87. The molecule has 0 aliphatic rings. The fourth-order valence-electron chi connectivity index (χ4n) is 2.10. The van der Waals surface area contributed by atoms with Crippen molar-refractivity contribution >= 4 is 21.8 Å². The first-order valence-electron chi connectivity index (χ1n) is 6.76. The van der Waals surface area contributed by atoms with Crippen molar-refractivity contribution in [3.8, 4) is 5.75 Å². The summed E-state index contributed by atoms with van der Waals surface area (Å²) in [6, 6.07) is 15.5. The quantitative estimate of drug-likeness (QED) is 0.891. The van der Waals surface area contributed by atoms with Crippen LogP contribution in [0.3, 0.4) is 0 Å². The van der Waals surface area contributed by atoms with Crippen LogP contribution in [0.2, 0.25) is 0 Å². The molecule has 2 rings (SSSR count). The summed E-state index contributed by atoms with van der Waals surface area (Å²) in [6.07, 6.45) is 0.375. The van der Waals surface area contributed by atoms with Gasteiger partial charge in [-0.1, -0.05) is 40.2 Å². The van der Waals surface area contributed by atoms with E-state index in [4.69, 9.17) is 4.74 Å². The molecule has 0 bridgehead atoms. The topological polar surface area (TPSA) is 38.3 Å². The zero-order chi connectivity index (χ0) is 15.2. The van der Waals surface area contributed by atoms with Gasteiger partial charge in [0.05, 0.1) is 19.6 Å². The number of carbonyl (C=O) groups excluding carboxylic acids is 1. The van der Waals surface area contributed by atoms with E-state index < -0.39 is 0 Å². The molecule has 0 aromatic heterocycles. The molecule has 0 heterocycles. The second-order valence-corrected chi connectivity index (χ2v) is 5.78. The summed E-state index contributed by atoms with van der Waals surface area (Å²) < 4.78 is 6.11. The Morgan fingerprint density at radius 3 is 2.57 bits per heavy atom. The van der Waals surface area contributed by atoms with Gasteiger partial charge in [0.15, 0.2) is 0 Å². The number of amides is 1. The molecular formula is C17H18BrNO2. The van der Waals surface area contributed by atoms with Gasteiger partial charge in [-0.05, 0) is 42.3 Å². The van der Waals surface area contributed by atoms with Crippen LogP contribution in [-0.4, -0.2) is 13.0 Å². The van der Waals surface area contributed by atoms with Crippen LogP contribution < -0.4 is 10.1 Å². The number of halogens is 1. The monoisotopic (exact) mass is 347 g/mol. The fourth-order valence-corrected chi connectivity index (χ4v) is 2.55. The minimum Gasteiger partial charge on any atom is -0.497 e. The highest BCUT2D eigenvalue weighted by Gasteiger charge is 2.10. The minimum atomic E-state index is -0.0319. The molecule has 1 unspecified atom stereocenters. The molecule has 4 heteroatoms. The van der Waals surface area contributed by atoms with E-state index in [2.05, 4.69) is 21.2 Å². The van der Waals surface area contributed by atoms with E-state index in [1.165, 1.54) is 0 Å². The average molecular weight is 348 g/mol. The van der Waals surface area contributed by atoms with E-state index in [1.807, 2.05) is 55.5 Å². The largest absolute Gasteiger partial charge is 0.497 e. The minimum absolute atomic E-state index is 0.0106. The zero-order valence-corrected chi connectivity index (χ0v) is 13.7. The number of hydrogen-bond acceptors (Lipinski definition) is 2. The Morgan fingerprint density at radius 1 is 1.24 bits per heavy atom. The van der Waals surface area contributed by atoms with Crippen molar-refractivity contribution in [1.29, 1.82) is 0 Å². The van der Waals surface area contributed by atoms with Crippen molar-refractivity contribution in [3.63, 3.8) is 0 Å². The van der Waals surface area contributed by atoms with Crippen LogP contribution in [0.1, 0.15) is 24.1 Å². The van der Waals surface area contributed by atoms with Gasteiger partial charge in [0.25, 0.3) is 0 Å². The number of carbonyl (C=O) groups is 1. The van der Waals surface area contributed by atoms with Gasteiger partial charge >= 0.3 is 0 Å². The van der Waals surface area contributed by atoms with Gasteiger partial charge in [-0.15, -0.1) is 0 Å². The lowest BCUT2D eigenvalue weighted by molar-refractivity contribution is -0.121. The molecule has 2 aromatic carbocycles. The fraction of sp³-hybridized carbons (Fsp3) is 0.235. The summed E-state index contributed by atoms with van der Waals surface area (Å²) in [5, 5.41) is 3.01. The number of rotatable bonds is 5. The lowest BCUT2D eigenvalue weighted by atomic mass is 10.1. The lowest BCUT2D eigenvalue weighted by Gasteiger charge is -2.15. The molecule has 110 valence electrons. The lowest BCUT2D eigenvalue weighted by Crippen LogP contribution is -2.28. The maximum atomic E-state index is 12.1. The smallest absolute Gasteiger partial charge is 0.224 e. The predicted molar refractivity (Wildman–Crippen MR) is 87.4 cm³/mol. The molecule has 3 nitrogen and oxygen atoms in total. The van der Waals surface area contributed by atoms with Crippen LogP contribution in [0.15, 0.2) is 53.0 Å². The van der Waals surface area contributed by atoms with Crippen molar-refractivity contribution in [2.24, 2.45) is 0 Å². The molecule has 21 heavy (non-hydrogen) atoms. The molecule has 0 radical (unpaired) electrons. The third kappa shape index (κ3) is 4.60. The van der Waals surface area contributed by atoms with Crippen molar-refractivity contribution in [2.75, 3.05) is 7.11 Å². The first-order chi connectivity index (χ1) is 10.1. The summed E-state index contributed by atoms with van der Waals surface area (Å²) >= 11 is 3.41. The molecule has 0 saturated carbocycles. The molecule has 1 atom stereocenters. The van der Waals surface area contributed by atoms with Gasteiger partial charge in [0.1, 0.15) is 5.75 Å². The van der Waals surface area contributed by atoms with E-state index in [0.717, 1.165) is 21.3 Å². The molecule has 0 aliphatic heterocycles. The molecule has 0 spiro atoms. The first kappa shape index (κ1) is 15.6. The van der Waals surface area contributed by atoms with Crippen molar-refractivity contribution in [3.05, 3.63) is 64.1 Å². The van der Waals surface area contributed by atoms with E-state index in [0.29, 0.717) is 6.42 Å². The van der Waals surface area contributed by atoms with Gasteiger partial charge in [-0.2, -0.15) is 0 Å². The molecule has 2 aromatic rings. The summed E-state index contributed by atoms with van der Waals surface area (Å²) in [7, 11) is 1.64. The highest BCUT2D eigenvalue weighted by molar-refractivity contribution is 9.10. The standard InChI is InChI=1S/C17H18BrNO2/c1-12(14-6-8-16(21-2)9-7-14)19-17(20)11-13-4-3-5-15(18)10-13/h3-10,12H,11H2,1-2H3,(H,19,20). The van der Waals surface area contributed by atoms with Crippen LogP contribution in [0.4, 0.5) is 0 Å². The van der Waals surface area contributed by atoms with Crippen LogP contribution in [0.25, 0.3) is 0 Å². The Bertz CT molecular complexity index is 610. The van der Waals surface area contributed by atoms with Gasteiger partial charge in [0.2, 0.25) is 5.91 Å². The number of methoxy groups -OCH3 is 1. The average Bonchev–Trinajstić information content (AvgIpc) is 2.47. The van der Waals surface area contributed by atoms with Crippen molar-refractivity contribution in [1.82, 2.24) is 5.32 Å². The Morgan fingerprint density at radius 2 is 1.95 bits per heavy atom. The Labute approximate surface area is 133 Å². The highest BCUT2D eigenvalue weighted by Crippen LogP contribution is 2.17. The molecular weight excluding hydrogens is 330 g/mol. The molecule has 1 N–H and O–H groups in total. The number of ether oxygens (including phenoxy) is 1. The molecule has 0 aliphatic carbocycles. The van der Waals surface area contributed by atoms with Crippen molar-refractivity contribution < 1.29 is 9.53 Å². The summed E-state index contributed by atoms with van der Waals surface area (Å²) in [6.45, 7) is 1.97. The Kier molecular flexibility index (Phi) is 5.39. The Balaban J connectivity index is 1.95. The Hall–Kier alpha value is -1.81. The van der Waals surface area contributed by atoms with Crippen LogP contribution in [0.5, 0.6) is 5.75 Å². The summed E-state index contributed by atoms with van der Waals surface area (Å²) in [4.78, 5) is 12.1. The van der Waals surface area contributed by atoms with Gasteiger partial charge in [-0.25, -0.2) is 0 Å². The van der Waals surface area contributed by atoms with E-state index in [9.17, 15) is 4.79 Å². The summed E-state index contributed by atoms with van der Waals surface area (Å²) in [5.74, 6) is 0.822. The van der Waals surface area contributed by atoms with E-state index >= 15 is 0 Å². The third-order valence-electron chi connectivity index (χ3n) is 3.25. The maximum Gasteiger partial charge on any atom is 0.224 e. The number of nitrogens with one attached hydrogen (secondary N) is 1. The number of hydrogen-bond donors (Lipinski definition) is 1. The third-order valence-corrected chi connectivity index (χ3v) is 3.74. The molecule has 1 amide bonds. The molecule has 0 fully saturated rings. The molecule has 0 saturated heterocycles. The van der Waals surface area contributed by atoms with E-state index in [1.54, 1.807) is 7.11 Å². The van der Waals surface area contributed by atoms with Gasteiger partial charge in [0, 0.05) is 4.47 Å². The highest BCUT2D eigenvalue weighted by atomic mass is 79.9. The van der Waals surface area contributed by atoms with Crippen molar-refractivity contribution in [2.45, 2.75) is 19.4 Å². The van der Waals surface area contributed by atoms with Crippen LogP contribution >= 0.6 is 15.9 Å². The summed E-state index contributed by atoms with van der Waals surface area (Å²) in [5.41, 5.74) is 2.04. The van der Waals surface area contributed by atoms with Crippen LogP contribution in [0, 0.1) is 0 Å². The van der Waals surface area contributed by atoms with Crippen LogP contribution in [-0.2, 0) is 11.2 Å². The number of benzene rings is 2. The SMILES string of the molecule is COc1ccc(C(C)NC(=O)Cc2cccc(Br)c2)cc1. The van der Waals surface area contributed by atoms with E-state index in [-0.39, 0.29) is 11.9 Å². The zero-order valence-electron chi connectivity index (χ0n) is 12.1. The predicted octanol–water partition coefficient (Wildman–Crippen LogP) is 3.88. The van der Waals surface area contributed by atoms with Gasteiger partial charge in [-0.3, -0.25) is 4.79 Å². The maximum absolute atomic E-state index is 12.1. The van der Waals surface area contributed by atoms with Gasteiger partial charge < -0.3 is 10.1 Å². The normalized spacial score (nSPS) is 11.8. The first-order valence-corrected chi connectivity index (χ1v) is 7.55. The second kappa shape index (κ2) is 7.27.